The van der Waals surface area contributed by atoms with Crippen molar-refractivity contribution in [1.29, 1.82) is 0 Å². The van der Waals surface area contributed by atoms with Crippen molar-refractivity contribution in [2.24, 2.45) is 0 Å². The van der Waals surface area contributed by atoms with Crippen LogP contribution in [0.4, 0.5) is 5.82 Å². The van der Waals surface area contributed by atoms with Crippen LogP contribution in [0.5, 0.6) is 0 Å². The van der Waals surface area contributed by atoms with Crippen molar-refractivity contribution in [2.45, 2.75) is 12.0 Å². The van der Waals surface area contributed by atoms with Crippen LogP contribution in [0.3, 0.4) is 0 Å². The fraction of sp³-hybridized carbons (Fsp3) is 0.200. The molecule has 0 amide bonds. The first-order valence-corrected chi connectivity index (χ1v) is 6.25. The number of nitrogens with one attached hydrogen (secondary N) is 1. The third-order valence-corrected chi connectivity index (χ3v) is 3.68. The van der Waals surface area contributed by atoms with Crippen molar-refractivity contribution < 1.29 is 0 Å². The second kappa shape index (κ2) is 3.72. The van der Waals surface area contributed by atoms with E-state index in [0.717, 1.165) is 15.9 Å². The molecule has 0 radical (unpaired) electrons. The number of allylic oxidation sites excluding steroid dienone is 2. The first-order valence-electron chi connectivity index (χ1n) is 4.70. The van der Waals surface area contributed by atoms with E-state index in [-0.39, 0.29) is 17.2 Å². The fourth-order valence-electron chi connectivity index (χ4n) is 2.03. The number of halogens is 3. The summed E-state index contributed by atoms with van der Waals surface area (Å²) in [5.74, 6) is 0.891. The summed E-state index contributed by atoms with van der Waals surface area (Å²) in [5, 5.41) is 3.85. The van der Waals surface area contributed by atoms with E-state index in [4.69, 9.17) is 23.2 Å². The fourth-order valence-corrected chi connectivity index (χ4v) is 2.97. The maximum Gasteiger partial charge on any atom is 0.225 e. The topological polar surface area (TPSA) is 37.8 Å². The van der Waals surface area contributed by atoms with Gasteiger partial charge in [-0.2, -0.15) is 0 Å². The molecule has 0 saturated heterocycles. The molecule has 3 rings (SSSR count). The van der Waals surface area contributed by atoms with Gasteiger partial charge in [0.1, 0.15) is 11.0 Å². The standard InChI is InChI=1S/C10H6BrCl2N3/c11-4-1-2-6-5(3-4)7-8(12)15-10(13)16-9(7)14-6/h1-3,5-6H,(H,14,15,16). The van der Waals surface area contributed by atoms with E-state index in [9.17, 15) is 0 Å². The Hall–Kier alpha value is -0.580. The Kier molecular flexibility index (Phi) is 2.46. The highest BCUT2D eigenvalue weighted by molar-refractivity contribution is 9.11. The van der Waals surface area contributed by atoms with Crippen LogP contribution >= 0.6 is 39.1 Å². The Morgan fingerprint density at radius 2 is 2.12 bits per heavy atom. The number of aromatic nitrogens is 2. The SMILES string of the molecule is Clc1nc(Cl)c2c(n1)NC1C=CC(Br)=CC21. The Balaban J connectivity index is 2.16. The molecule has 0 aromatic carbocycles. The minimum Gasteiger partial charge on any atom is -0.362 e. The minimum atomic E-state index is 0.166. The molecule has 0 bridgehead atoms. The molecular weight excluding hydrogens is 313 g/mol. The second-order valence-electron chi connectivity index (χ2n) is 3.65. The number of anilines is 1. The predicted molar refractivity (Wildman–Crippen MR) is 68.4 cm³/mol. The summed E-state index contributed by atoms with van der Waals surface area (Å²) in [6.07, 6.45) is 6.16. The summed E-state index contributed by atoms with van der Waals surface area (Å²) in [6.45, 7) is 0. The van der Waals surface area contributed by atoms with Gasteiger partial charge >= 0.3 is 0 Å². The molecule has 1 aliphatic heterocycles. The quantitative estimate of drug-likeness (QED) is 0.587. The number of fused-ring (bicyclic) bond motifs is 3. The van der Waals surface area contributed by atoms with Crippen molar-refractivity contribution >= 4 is 44.9 Å². The molecule has 2 unspecified atom stereocenters. The molecule has 3 nitrogen and oxygen atoms in total. The van der Waals surface area contributed by atoms with Gasteiger partial charge in [-0.1, -0.05) is 45.8 Å². The molecule has 1 aromatic rings. The normalized spacial score (nSPS) is 25.8. The molecule has 2 heterocycles. The zero-order valence-electron chi connectivity index (χ0n) is 7.92. The summed E-state index contributed by atoms with van der Waals surface area (Å²) in [5.41, 5.74) is 0.914. The van der Waals surface area contributed by atoms with Gasteiger partial charge in [-0.15, -0.1) is 0 Å². The molecule has 1 aromatic heterocycles. The summed E-state index contributed by atoms with van der Waals surface area (Å²) < 4.78 is 1.04. The summed E-state index contributed by atoms with van der Waals surface area (Å²) >= 11 is 15.3. The highest BCUT2D eigenvalue weighted by atomic mass is 79.9. The third kappa shape index (κ3) is 1.56. The predicted octanol–water partition coefficient (Wildman–Crippen LogP) is 3.51. The minimum absolute atomic E-state index is 0.166. The number of rotatable bonds is 0. The van der Waals surface area contributed by atoms with Gasteiger partial charge in [0, 0.05) is 16.0 Å². The molecule has 2 atom stereocenters. The van der Waals surface area contributed by atoms with Gasteiger partial charge in [0.05, 0.1) is 6.04 Å². The zero-order chi connectivity index (χ0) is 11.3. The Bertz CT molecular complexity index is 527. The van der Waals surface area contributed by atoms with Crippen molar-refractivity contribution in [3.05, 3.63) is 38.7 Å². The number of nitrogens with zero attached hydrogens (tertiary/aromatic N) is 2. The molecule has 6 heteroatoms. The Morgan fingerprint density at radius 3 is 2.94 bits per heavy atom. The highest BCUT2D eigenvalue weighted by Crippen LogP contribution is 2.43. The first kappa shape index (κ1) is 10.6. The van der Waals surface area contributed by atoms with Crippen LogP contribution in [0.15, 0.2) is 22.7 Å². The lowest BCUT2D eigenvalue weighted by molar-refractivity contribution is 0.801. The van der Waals surface area contributed by atoms with E-state index < -0.39 is 0 Å². The Labute approximate surface area is 111 Å². The van der Waals surface area contributed by atoms with E-state index in [0.29, 0.717) is 5.15 Å². The van der Waals surface area contributed by atoms with Crippen LogP contribution in [0.2, 0.25) is 10.4 Å². The molecule has 1 N–H and O–H groups in total. The van der Waals surface area contributed by atoms with Gasteiger partial charge in [-0.3, -0.25) is 0 Å². The van der Waals surface area contributed by atoms with Crippen LogP contribution in [-0.4, -0.2) is 16.0 Å². The van der Waals surface area contributed by atoms with Crippen molar-refractivity contribution in [3.8, 4) is 0 Å². The van der Waals surface area contributed by atoms with E-state index in [2.05, 4.69) is 43.4 Å². The smallest absolute Gasteiger partial charge is 0.225 e. The third-order valence-electron chi connectivity index (χ3n) is 2.70. The van der Waals surface area contributed by atoms with Crippen LogP contribution in [-0.2, 0) is 0 Å². The molecule has 2 aliphatic rings. The van der Waals surface area contributed by atoms with Gasteiger partial charge in [0.15, 0.2) is 0 Å². The van der Waals surface area contributed by atoms with Gasteiger partial charge in [-0.25, -0.2) is 9.97 Å². The average Bonchev–Trinajstić information content (AvgIpc) is 2.54. The highest BCUT2D eigenvalue weighted by Gasteiger charge is 2.34. The largest absolute Gasteiger partial charge is 0.362 e. The van der Waals surface area contributed by atoms with E-state index in [1.54, 1.807) is 0 Å². The molecule has 0 saturated carbocycles. The first-order chi connectivity index (χ1) is 7.65. The maximum absolute atomic E-state index is 6.10. The maximum atomic E-state index is 6.10. The molecule has 0 spiro atoms. The summed E-state index contributed by atoms with van der Waals surface area (Å²) in [7, 11) is 0. The molecule has 16 heavy (non-hydrogen) atoms. The van der Waals surface area contributed by atoms with Crippen LogP contribution < -0.4 is 5.32 Å². The van der Waals surface area contributed by atoms with Crippen molar-refractivity contribution in [2.75, 3.05) is 5.32 Å². The van der Waals surface area contributed by atoms with Gasteiger partial charge in [-0.05, 0) is 11.6 Å². The molecule has 1 aliphatic carbocycles. The Morgan fingerprint density at radius 1 is 1.31 bits per heavy atom. The van der Waals surface area contributed by atoms with Crippen molar-refractivity contribution in [1.82, 2.24) is 9.97 Å². The second-order valence-corrected chi connectivity index (χ2v) is 5.26. The van der Waals surface area contributed by atoms with Crippen LogP contribution in [0.1, 0.15) is 11.5 Å². The lowest BCUT2D eigenvalue weighted by Gasteiger charge is -2.17. The zero-order valence-corrected chi connectivity index (χ0v) is 11.0. The number of hydrogen-bond acceptors (Lipinski definition) is 3. The van der Waals surface area contributed by atoms with Gasteiger partial charge < -0.3 is 5.32 Å². The van der Waals surface area contributed by atoms with E-state index in [1.165, 1.54) is 0 Å². The number of hydrogen-bond donors (Lipinski definition) is 1. The van der Waals surface area contributed by atoms with Gasteiger partial charge in [0.25, 0.3) is 0 Å². The molecule has 82 valence electrons. The molecular formula is C10H6BrCl2N3. The lowest BCUT2D eigenvalue weighted by atomic mass is 9.93. The van der Waals surface area contributed by atoms with E-state index in [1.807, 2.05) is 6.08 Å². The lowest BCUT2D eigenvalue weighted by Crippen LogP contribution is -2.18. The van der Waals surface area contributed by atoms with Gasteiger partial charge in [0.2, 0.25) is 5.28 Å². The summed E-state index contributed by atoms with van der Waals surface area (Å²) in [4.78, 5) is 8.12. The average molecular weight is 319 g/mol. The monoisotopic (exact) mass is 317 g/mol. The van der Waals surface area contributed by atoms with Crippen LogP contribution in [0.25, 0.3) is 0 Å². The van der Waals surface area contributed by atoms with Crippen molar-refractivity contribution in [3.63, 3.8) is 0 Å². The summed E-state index contributed by atoms with van der Waals surface area (Å²) in [6, 6.07) is 0.182. The molecule has 0 fully saturated rings. The van der Waals surface area contributed by atoms with Crippen LogP contribution in [0, 0.1) is 0 Å². The van der Waals surface area contributed by atoms with E-state index >= 15 is 0 Å².